The largest absolute Gasteiger partial charge is 0.328 e. The fraction of sp³-hybridized carbons (Fsp3) is 0.214. The molecule has 0 aliphatic rings. The van der Waals surface area contributed by atoms with E-state index >= 15 is 0 Å². The van der Waals surface area contributed by atoms with Crippen molar-refractivity contribution in [3.63, 3.8) is 0 Å². The minimum absolute atomic E-state index is 0.631. The molecule has 0 aliphatic carbocycles. The number of rotatable bonds is 2. The molecule has 1 aromatic heterocycles. The zero-order valence-electron chi connectivity index (χ0n) is 10.5. The molecule has 0 radical (unpaired) electrons. The number of benzene rings is 1. The van der Waals surface area contributed by atoms with Crippen molar-refractivity contribution >= 4 is 39.0 Å². The van der Waals surface area contributed by atoms with Crippen LogP contribution in [0.25, 0.3) is 0 Å². The van der Waals surface area contributed by atoms with E-state index in [4.69, 9.17) is 11.6 Å². The number of halogens is 2. The molecule has 2 aromatic rings. The second-order valence-corrected chi connectivity index (χ2v) is 5.63. The summed E-state index contributed by atoms with van der Waals surface area (Å²) in [5, 5.41) is 0.631. The molecule has 0 saturated carbocycles. The van der Waals surface area contributed by atoms with Crippen molar-refractivity contribution in [2.45, 2.75) is 13.8 Å². The normalized spacial score (nSPS) is 10.5. The third-order valence-electron chi connectivity index (χ3n) is 2.82. The first-order valence-electron chi connectivity index (χ1n) is 5.61. The molecule has 0 amide bonds. The van der Waals surface area contributed by atoms with Gasteiger partial charge in [0.05, 0.1) is 5.02 Å². The molecule has 0 fully saturated rings. The molecule has 0 N–H and O–H groups in total. The van der Waals surface area contributed by atoms with Gasteiger partial charge in [0.2, 0.25) is 0 Å². The van der Waals surface area contributed by atoms with Gasteiger partial charge in [0.1, 0.15) is 0 Å². The van der Waals surface area contributed by atoms with E-state index in [1.807, 2.05) is 18.0 Å². The van der Waals surface area contributed by atoms with E-state index in [0.29, 0.717) is 5.02 Å². The second-order valence-electron chi connectivity index (χ2n) is 4.31. The van der Waals surface area contributed by atoms with Crippen LogP contribution in [-0.4, -0.2) is 12.0 Å². The number of anilines is 2. The summed E-state index contributed by atoms with van der Waals surface area (Å²) in [6, 6.07) is 8.18. The van der Waals surface area contributed by atoms with Crippen molar-refractivity contribution in [3.05, 3.63) is 51.1 Å². The Hall–Kier alpha value is -1.06. The predicted octanol–water partition coefficient (Wildman–Crippen LogP) is 4.88. The van der Waals surface area contributed by atoms with E-state index in [-0.39, 0.29) is 0 Å². The average Bonchev–Trinajstić information content (AvgIpc) is 2.28. The topological polar surface area (TPSA) is 16.1 Å². The first-order chi connectivity index (χ1) is 8.49. The Kier molecular flexibility index (Phi) is 3.93. The summed E-state index contributed by atoms with van der Waals surface area (Å²) in [6.45, 7) is 4.17. The Bertz CT molecular complexity index is 533. The fourth-order valence-corrected chi connectivity index (χ4v) is 2.71. The van der Waals surface area contributed by atoms with Crippen molar-refractivity contribution in [3.8, 4) is 0 Å². The number of aryl methyl sites for hydroxylation is 2. The molecule has 0 saturated heterocycles. The quantitative estimate of drug-likeness (QED) is 0.782. The average molecular weight is 326 g/mol. The van der Waals surface area contributed by atoms with Crippen LogP contribution in [0.5, 0.6) is 0 Å². The molecule has 94 valence electrons. The van der Waals surface area contributed by atoms with Crippen LogP contribution in [0.3, 0.4) is 0 Å². The first kappa shape index (κ1) is 13.4. The molecule has 0 bridgehead atoms. The Morgan fingerprint density at radius 3 is 2.56 bits per heavy atom. The lowest BCUT2D eigenvalue weighted by atomic mass is 10.1. The van der Waals surface area contributed by atoms with Gasteiger partial charge >= 0.3 is 0 Å². The number of aromatic nitrogens is 1. The predicted molar refractivity (Wildman–Crippen MR) is 80.9 cm³/mol. The number of pyridine rings is 1. The highest BCUT2D eigenvalue weighted by atomic mass is 79.9. The summed E-state index contributed by atoms with van der Waals surface area (Å²) >= 11 is 9.58. The summed E-state index contributed by atoms with van der Waals surface area (Å²) < 4.78 is 0.880. The Morgan fingerprint density at radius 1 is 1.22 bits per heavy atom. The van der Waals surface area contributed by atoms with Crippen molar-refractivity contribution in [1.29, 1.82) is 0 Å². The molecule has 2 rings (SSSR count). The monoisotopic (exact) mass is 324 g/mol. The molecule has 0 atom stereocenters. The van der Waals surface area contributed by atoms with Gasteiger partial charge in [-0.15, -0.1) is 0 Å². The minimum atomic E-state index is 0.631. The zero-order chi connectivity index (χ0) is 13.3. The number of nitrogens with zero attached hydrogens (tertiary/aromatic N) is 2. The van der Waals surface area contributed by atoms with E-state index in [1.165, 1.54) is 11.1 Å². The highest BCUT2D eigenvalue weighted by Gasteiger charge is 2.12. The van der Waals surface area contributed by atoms with Crippen LogP contribution < -0.4 is 4.90 Å². The number of hydrogen-bond donors (Lipinski definition) is 0. The van der Waals surface area contributed by atoms with Crippen LogP contribution in [0.2, 0.25) is 5.02 Å². The molecular formula is C14H14BrClN2. The third-order valence-corrected chi connectivity index (χ3v) is 3.53. The molecule has 0 spiro atoms. The summed E-state index contributed by atoms with van der Waals surface area (Å²) in [5.41, 5.74) is 3.56. The Balaban J connectivity index is 2.44. The van der Waals surface area contributed by atoms with Gasteiger partial charge < -0.3 is 4.90 Å². The van der Waals surface area contributed by atoms with Crippen LogP contribution in [0.15, 0.2) is 34.9 Å². The molecule has 1 aromatic carbocycles. The van der Waals surface area contributed by atoms with Crippen LogP contribution in [0.1, 0.15) is 11.1 Å². The van der Waals surface area contributed by atoms with Gasteiger partial charge in [0.25, 0.3) is 0 Å². The molecule has 1 heterocycles. The minimum Gasteiger partial charge on any atom is -0.328 e. The van der Waals surface area contributed by atoms with Crippen LogP contribution in [0.4, 0.5) is 11.5 Å². The molecule has 18 heavy (non-hydrogen) atoms. The molecule has 0 aliphatic heterocycles. The summed E-state index contributed by atoms with van der Waals surface area (Å²) in [5.74, 6) is 0.756. The maximum Gasteiger partial charge on any atom is 0.151 e. The Morgan fingerprint density at radius 2 is 1.94 bits per heavy atom. The van der Waals surface area contributed by atoms with Gasteiger partial charge in [-0.2, -0.15) is 0 Å². The molecule has 0 unspecified atom stereocenters. The van der Waals surface area contributed by atoms with Crippen LogP contribution in [-0.2, 0) is 0 Å². The van der Waals surface area contributed by atoms with E-state index < -0.39 is 0 Å². The van der Waals surface area contributed by atoms with Crippen LogP contribution in [0, 0.1) is 13.8 Å². The standard InChI is InChI=1S/C14H14BrClN2/c1-9-4-5-13(10(2)6-9)18(3)14-12(16)7-11(15)8-17-14/h4-8H,1-3H3. The van der Waals surface area contributed by atoms with E-state index in [0.717, 1.165) is 16.0 Å². The third kappa shape index (κ3) is 2.68. The lowest BCUT2D eigenvalue weighted by Gasteiger charge is -2.21. The Labute approximate surface area is 121 Å². The second kappa shape index (κ2) is 5.29. The SMILES string of the molecule is Cc1ccc(N(C)c2ncc(Br)cc2Cl)c(C)c1. The molecule has 4 heteroatoms. The van der Waals surface area contributed by atoms with Crippen molar-refractivity contribution in [2.24, 2.45) is 0 Å². The fourth-order valence-electron chi connectivity index (χ4n) is 1.95. The highest BCUT2D eigenvalue weighted by molar-refractivity contribution is 9.10. The maximum atomic E-state index is 6.22. The van der Waals surface area contributed by atoms with Crippen LogP contribution >= 0.6 is 27.5 Å². The van der Waals surface area contributed by atoms with Crippen molar-refractivity contribution in [1.82, 2.24) is 4.98 Å². The van der Waals surface area contributed by atoms with E-state index in [1.54, 1.807) is 6.20 Å². The zero-order valence-corrected chi connectivity index (χ0v) is 12.9. The van der Waals surface area contributed by atoms with Gasteiger partial charge in [-0.05, 0) is 47.5 Å². The van der Waals surface area contributed by atoms with Gasteiger partial charge in [-0.1, -0.05) is 29.3 Å². The summed E-state index contributed by atoms with van der Waals surface area (Å²) in [6.07, 6.45) is 1.75. The van der Waals surface area contributed by atoms with Gasteiger partial charge in [0, 0.05) is 23.4 Å². The maximum absolute atomic E-state index is 6.22. The first-order valence-corrected chi connectivity index (χ1v) is 6.78. The number of hydrogen-bond acceptors (Lipinski definition) is 2. The smallest absolute Gasteiger partial charge is 0.151 e. The van der Waals surface area contributed by atoms with Crippen molar-refractivity contribution in [2.75, 3.05) is 11.9 Å². The molecule has 2 nitrogen and oxygen atoms in total. The van der Waals surface area contributed by atoms with Crippen molar-refractivity contribution < 1.29 is 0 Å². The highest BCUT2D eigenvalue weighted by Crippen LogP contribution is 2.32. The van der Waals surface area contributed by atoms with E-state index in [9.17, 15) is 0 Å². The van der Waals surface area contributed by atoms with Gasteiger partial charge in [-0.3, -0.25) is 0 Å². The lowest BCUT2D eigenvalue weighted by molar-refractivity contribution is 1.11. The molecular weight excluding hydrogens is 312 g/mol. The summed E-state index contributed by atoms with van der Waals surface area (Å²) in [7, 11) is 1.97. The summed E-state index contributed by atoms with van der Waals surface area (Å²) in [4.78, 5) is 6.37. The van der Waals surface area contributed by atoms with E-state index in [2.05, 4.69) is 53.0 Å². The van der Waals surface area contributed by atoms with Gasteiger partial charge in [-0.25, -0.2) is 4.98 Å². The lowest BCUT2D eigenvalue weighted by Crippen LogP contribution is -2.13. The van der Waals surface area contributed by atoms with Gasteiger partial charge in [0.15, 0.2) is 5.82 Å².